The van der Waals surface area contributed by atoms with Crippen molar-refractivity contribution < 1.29 is 25.6 Å². The van der Waals surface area contributed by atoms with Crippen molar-refractivity contribution in [2.75, 3.05) is 11.8 Å². The van der Waals surface area contributed by atoms with Crippen molar-refractivity contribution >= 4 is 25.7 Å². The maximum atomic E-state index is 13.7. The zero-order chi connectivity index (χ0) is 17.3. The molecule has 2 aromatic carbocycles. The third-order valence-corrected chi connectivity index (χ3v) is 5.73. The molecule has 0 heterocycles. The van der Waals surface area contributed by atoms with Crippen LogP contribution in [0.25, 0.3) is 0 Å². The first-order valence-electron chi connectivity index (χ1n) is 6.18. The molecule has 0 saturated heterocycles. The molecule has 0 radical (unpaired) electrons. The Morgan fingerprint density at radius 3 is 2.17 bits per heavy atom. The van der Waals surface area contributed by atoms with E-state index in [1.54, 1.807) is 0 Å². The van der Waals surface area contributed by atoms with Crippen molar-refractivity contribution in [3.63, 3.8) is 0 Å². The van der Waals surface area contributed by atoms with Crippen LogP contribution < -0.4 is 9.44 Å². The van der Waals surface area contributed by atoms with Gasteiger partial charge in [0.05, 0.1) is 5.69 Å². The summed E-state index contributed by atoms with van der Waals surface area (Å²) in [6, 6.07) is 7.10. The highest BCUT2D eigenvalue weighted by Crippen LogP contribution is 2.25. The molecule has 0 spiro atoms. The third-order valence-electron chi connectivity index (χ3n) is 2.87. The Morgan fingerprint density at radius 2 is 1.52 bits per heavy atom. The predicted molar refractivity (Wildman–Crippen MR) is 79.9 cm³/mol. The maximum Gasteiger partial charge on any atom is 0.264 e. The summed E-state index contributed by atoms with van der Waals surface area (Å²) >= 11 is 0. The summed E-state index contributed by atoms with van der Waals surface area (Å²) in [5.74, 6) is -2.10. The van der Waals surface area contributed by atoms with E-state index >= 15 is 0 Å². The molecule has 6 nitrogen and oxygen atoms in total. The third kappa shape index (κ3) is 3.66. The SMILES string of the molecule is CNS(=O)(=O)c1ccccc1NS(=O)(=O)c1cc(F)ccc1F. The second-order valence-electron chi connectivity index (χ2n) is 4.38. The predicted octanol–water partition coefficient (Wildman–Crippen LogP) is 1.67. The number of hydrogen-bond acceptors (Lipinski definition) is 4. The number of hydrogen-bond donors (Lipinski definition) is 2. The monoisotopic (exact) mass is 362 g/mol. The molecule has 0 amide bonds. The highest BCUT2D eigenvalue weighted by Gasteiger charge is 2.24. The molecule has 0 aliphatic carbocycles. The Labute approximate surface area is 132 Å². The molecule has 0 saturated carbocycles. The van der Waals surface area contributed by atoms with Crippen molar-refractivity contribution in [2.45, 2.75) is 9.79 Å². The van der Waals surface area contributed by atoms with Gasteiger partial charge in [0.25, 0.3) is 10.0 Å². The van der Waals surface area contributed by atoms with Crippen LogP contribution in [0, 0.1) is 11.6 Å². The van der Waals surface area contributed by atoms with Gasteiger partial charge in [-0.15, -0.1) is 0 Å². The molecule has 2 rings (SSSR count). The normalized spacial score (nSPS) is 12.1. The van der Waals surface area contributed by atoms with E-state index in [0.717, 1.165) is 13.1 Å². The summed E-state index contributed by atoms with van der Waals surface area (Å²) < 4.78 is 79.0. The van der Waals surface area contributed by atoms with Gasteiger partial charge in [-0.2, -0.15) is 0 Å². The fraction of sp³-hybridized carbons (Fsp3) is 0.0769. The van der Waals surface area contributed by atoms with Gasteiger partial charge >= 0.3 is 0 Å². The molecule has 2 N–H and O–H groups in total. The van der Waals surface area contributed by atoms with E-state index in [9.17, 15) is 25.6 Å². The summed E-state index contributed by atoms with van der Waals surface area (Å²) in [6.07, 6.45) is 0. The van der Waals surface area contributed by atoms with Gasteiger partial charge in [-0.1, -0.05) is 12.1 Å². The molecule has 0 aromatic heterocycles. The summed E-state index contributed by atoms with van der Waals surface area (Å²) in [6.45, 7) is 0. The standard InChI is InChI=1S/C13H12F2N2O4S2/c1-16-22(18,19)12-5-3-2-4-11(12)17-23(20,21)13-8-9(14)6-7-10(13)15/h2-8,16-17H,1H3. The quantitative estimate of drug-likeness (QED) is 0.846. The van der Waals surface area contributed by atoms with Crippen LogP contribution in [-0.4, -0.2) is 23.9 Å². The molecule has 0 fully saturated rings. The number of rotatable bonds is 5. The highest BCUT2D eigenvalue weighted by atomic mass is 32.2. The number of anilines is 1. The number of benzene rings is 2. The van der Waals surface area contributed by atoms with Gasteiger partial charge in [0, 0.05) is 0 Å². The average Bonchev–Trinajstić information content (AvgIpc) is 2.49. The minimum Gasteiger partial charge on any atom is -0.278 e. The maximum absolute atomic E-state index is 13.7. The molecule has 0 atom stereocenters. The zero-order valence-electron chi connectivity index (χ0n) is 11.7. The molecule has 0 bridgehead atoms. The summed E-state index contributed by atoms with van der Waals surface area (Å²) in [4.78, 5) is -1.27. The van der Waals surface area contributed by atoms with Crippen LogP contribution >= 0.6 is 0 Å². The summed E-state index contributed by atoms with van der Waals surface area (Å²) in [5.41, 5.74) is -0.287. The Bertz CT molecular complexity index is 944. The zero-order valence-corrected chi connectivity index (χ0v) is 13.4. The number of nitrogens with one attached hydrogen (secondary N) is 2. The van der Waals surface area contributed by atoms with Crippen LogP contribution in [0.3, 0.4) is 0 Å². The lowest BCUT2D eigenvalue weighted by Gasteiger charge is -2.13. The molecule has 23 heavy (non-hydrogen) atoms. The van der Waals surface area contributed by atoms with E-state index < -0.39 is 36.6 Å². The lowest BCUT2D eigenvalue weighted by molar-refractivity contribution is 0.555. The fourth-order valence-electron chi connectivity index (χ4n) is 1.78. The molecule has 2 aromatic rings. The first kappa shape index (κ1) is 17.3. The van der Waals surface area contributed by atoms with Crippen molar-refractivity contribution in [1.82, 2.24) is 4.72 Å². The van der Waals surface area contributed by atoms with Crippen LogP contribution in [0.4, 0.5) is 14.5 Å². The van der Waals surface area contributed by atoms with E-state index in [1.165, 1.54) is 24.3 Å². The van der Waals surface area contributed by atoms with Gasteiger partial charge in [0.2, 0.25) is 10.0 Å². The second kappa shape index (κ2) is 6.22. The molecular formula is C13H12F2N2O4S2. The minimum absolute atomic E-state index is 0.287. The van der Waals surface area contributed by atoms with E-state index in [1.807, 2.05) is 9.44 Å². The van der Waals surface area contributed by atoms with Crippen LogP contribution in [0.15, 0.2) is 52.3 Å². The lowest BCUT2D eigenvalue weighted by Crippen LogP contribution is -2.22. The van der Waals surface area contributed by atoms with Gasteiger partial charge in [-0.3, -0.25) is 4.72 Å². The largest absolute Gasteiger partial charge is 0.278 e. The molecule has 10 heteroatoms. The van der Waals surface area contributed by atoms with Gasteiger partial charge in [-0.25, -0.2) is 30.3 Å². The number of halogens is 2. The summed E-state index contributed by atoms with van der Waals surface area (Å²) in [5, 5.41) is 0. The average molecular weight is 362 g/mol. The van der Waals surface area contributed by atoms with Crippen LogP contribution in [0.1, 0.15) is 0 Å². The topological polar surface area (TPSA) is 92.3 Å². The first-order chi connectivity index (χ1) is 10.7. The molecule has 0 unspecified atom stereocenters. The van der Waals surface area contributed by atoms with Crippen molar-refractivity contribution in [1.29, 1.82) is 0 Å². The molecule has 0 aliphatic rings. The van der Waals surface area contributed by atoms with E-state index in [-0.39, 0.29) is 10.6 Å². The molecule has 124 valence electrons. The summed E-state index contributed by atoms with van der Waals surface area (Å²) in [7, 11) is -7.30. The Balaban J connectivity index is 2.53. The number of para-hydroxylation sites is 1. The Hall–Kier alpha value is -2.04. The Kier molecular flexibility index (Phi) is 4.68. The second-order valence-corrected chi connectivity index (χ2v) is 7.89. The molecule has 0 aliphatic heterocycles. The van der Waals surface area contributed by atoms with Crippen molar-refractivity contribution in [3.8, 4) is 0 Å². The van der Waals surface area contributed by atoms with Gasteiger partial charge in [-0.05, 0) is 37.4 Å². The minimum atomic E-state index is -4.51. The molecular weight excluding hydrogens is 350 g/mol. The van der Waals surface area contributed by atoms with E-state index in [0.29, 0.717) is 12.1 Å². The smallest absolute Gasteiger partial charge is 0.264 e. The van der Waals surface area contributed by atoms with Crippen LogP contribution in [0.2, 0.25) is 0 Å². The fourth-order valence-corrected chi connectivity index (χ4v) is 3.90. The van der Waals surface area contributed by atoms with Gasteiger partial charge in [0.15, 0.2) is 0 Å². The highest BCUT2D eigenvalue weighted by molar-refractivity contribution is 7.93. The van der Waals surface area contributed by atoms with Gasteiger partial charge in [0.1, 0.15) is 21.4 Å². The lowest BCUT2D eigenvalue weighted by atomic mass is 10.3. The first-order valence-corrected chi connectivity index (χ1v) is 9.14. The van der Waals surface area contributed by atoms with Crippen LogP contribution in [-0.2, 0) is 20.0 Å². The van der Waals surface area contributed by atoms with E-state index in [2.05, 4.69) is 0 Å². The Morgan fingerprint density at radius 1 is 0.870 bits per heavy atom. The number of sulfonamides is 2. The van der Waals surface area contributed by atoms with E-state index in [4.69, 9.17) is 0 Å². The van der Waals surface area contributed by atoms with Gasteiger partial charge < -0.3 is 0 Å². The van der Waals surface area contributed by atoms with Crippen LogP contribution in [0.5, 0.6) is 0 Å². The van der Waals surface area contributed by atoms with Crippen molar-refractivity contribution in [2.24, 2.45) is 0 Å². The van der Waals surface area contributed by atoms with Crippen molar-refractivity contribution in [3.05, 3.63) is 54.1 Å².